The molecule has 1 heterocycles. The molecule has 96 valence electrons. The molecule has 0 saturated heterocycles. The molecule has 1 aromatic heterocycles. The molecule has 4 heteroatoms. The van der Waals surface area contributed by atoms with Gasteiger partial charge in [0.05, 0.1) is 6.10 Å². The second-order valence-corrected chi connectivity index (χ2v) is 6.41. The van der Waals surface area contributed by atoms with Gasteiger partial charge in [-0.15, -0.1) is 11.3 Å². The molecule has 0 spiro atoms. The first-order chi connectivity index (χ1) is 8.66. The van der Waals surface area contributed by atoms with Crippen molar-refractivity contribution in [1.82, 2.24) is 5.32 Å². The average Bonchev–Trinajstić information content (AvgIpc) is 2.75. The van der Waals surface area contributed by atoms with Gasteiger partial charge in [0.1, 0.15) is 0 Å². The lowest BCUT2D eigenvalue weighted by Crippen LogP contribution is -2.20. The predicted molar refractivity (Wildman–Crippen MR) is 79.9 cm³/mol. The molecule has 2 aromatic rings. The Morgan fingerprint density at radius 1 is 1.28 bits per heavy atom. The van der Waals surface area contributed by atoms with Gasteiger partial charge in [-0.25, -0.2) is 0 Å². The van der Waals surface area contributed by atoms with Gasteiger partial charge in [0.2, 0.25) is 0 Å². The van der Waals surface area contributed by atoms with Crippen LogP contribution in [0.2, 0.25) is 0 Å². The molecular formula is C14H16BrNOS. The maximum atomic E-state index is 10.1. The number of aliphatic hydroxyl groups is 1. The highest BCUT2D eigenvalue weighted by Gasteiger charge is 2.10. The smallest absolute Gasteiger partial charge is 0.0925 e. The summed E-state index contributed by atoms with van der Waals surface area (Å²) in [5.74, 6) is 0. The zero-order chi connectivity index (χ0) is 13.0. The van der Waals surface area contributed by atoms with Gasteiger partial charge in [0.25, 0.3) is 0 Å². The summed E-state index contributed by atoms with van der Waals surface area (Å²) in [7, 11) is 0. The van der Waals surface area contributed by atoms with Gasteiger partial charge in [0.15, 0.2) is 0 Å². The van der Waals surface area contributed by atoms with E-state index in [0.29, 0.717) is 6.54 Å². The Morgan fingerprint density at radius 3 is 2.72 bits per heavy atom. The number of hydrogen-bond acceptors (Lipinski definition) is 3. The Morgan fingerprint density at radius 2 is 2.06 bits per heavy atom. The molecular weight excluding hydrogens is 310 g/mol. The Balaban J connectivity index is 1.85. The van der Waals surface area contributed by atoms with Gasteiger partial charge in [-0.2, -0.15) is 0 Å². The van der Waals surface area contributed by atoms with Crippen molar-refractivity contribution in [3.63, 3.8) is 0 Å². The predicted octanol–water partition coefficient (Wildman–Crippen LogP) is 3.64. The van der Waals surface area contributed by atoms with E-state index in [1.165, 1.54) is 9.75 Å². The van der Waals surface area contributed by atoms with Crippen LogP contribution < -0.4 is 5.32 Å². The van der Waals surface area contributed by atoms with Crippen LogP contribution in [0.1, 0.15) is 21.4 Å². The first-order valence-corrected chi connectivity index (χ1v) is 7.46. The third-order valence-electron chi connectivity index (χ3n) is 2.70. The topological polar surface area (TPSA) is 32.3 Å². The zero-order valence-corrected chi connectivity index (χ0v) is 12.6. The zero-order valence-electron chi connectivity index (χ0n) is 10.2. The summed E-state index contributed by atoms with van der Waals surface area (Å²) in [6, 6.07) is 12.0. The number of aliphatic hydroxyl groups excluding tert-OH is 1. The minimum absolute atomic E-state index is 0.485. The lowest BCUT2D eigenvalue weighted by molar-refractivity contribution is 0.173. The summed E-state index contributed by atoms with van der Waals surface area (Å²) < 4.78 is 0.950. The highest BCUT2D eigenvalue weighted by atomic mass is 79.9. The molecule has 2 rings (SSSR count). The molecule has 18 heavy (non-hydrogen) atoms. The van der Waals surface area contributed by atoms with Crippen molar-refractivity contribution in [1.29, 1.82) is 0 Å². The van der Waals surface area contributed by atoms with Crippen molar-refractivity contribution in [2.24, 2.45) is 0 Å². The Labute approximate surface area is 120 Å². The van der Waals surface area contributed by atoms with Crippen molar-refractivity contribution < 1.29 is 5.11 Å². The number of aryl methyl sites for hydroxylation is 1. The van der Waals surface area contributed by atoms with E-state index in [1.807, 2.05) is 24.3 Å². The summed E-state index contributed by atoms with van der Waals surface area (Å²) in [6.07, 6.45) is -0.485. The highest BCUT2D eigenvalue weighted by Crippen LogP contribution is 2.22. The van der Waals surface area contributed by atoms with E-state index in [1.54, 1.807) is 11.3 Å². The molecule has 2 N–H and O–H groups in total. The van der Waals surface area contributed by atoms with Crippen LogP contribution in [0.3, 0.4) is 0 Å². The first kappa shape index (κ1) is 13.7. The van der Waals surface area contributed by atoms with Gasteiger partial charge in [-0.05, 0) is 30.7 Å². The number of thiophene rings is 1. The number of benzene rings is 1. The summed E-state index contributed by atoms with van der Waals surface area (Å²) in [5, 5.41) is 13.4. The van der Waals surface area contributed by atoms with E-state index in [0.717, 1.165) is 16.6 Å². The van der Waals surface area contributed by atoms with Gasteiger partial charge >= 0.3 is 0 Å². The normalized spacial score (nSPS) is 12.6. The van der Waals surface area contributed by atoms with Crippen molar-refractivity contribution in [2.75, 3.05) is 6.54 Å². The molecule has 0 aliphatic carbocycles. The van der Waals surface area contributed by atoms with Crippen molar-refractivity contribution in [3.8, 4) is 0 Å². The highest BCUT2D eigenvalue weighted by molar-refractivity contribution is 9.10. The van der Waals surface area contributed by atoms with Gasteiger partial charge < -0.3 is 10.4 Å². The summed E-state index contributed by atoms with van der Waals surface area (Å²) in [5.41, 5.74) is 0.923. The van der Waals surface area contributed by atoms with Crippen LogP contribution in [0.15, 0.2) is 40.9 Å². The van der Waals surface area contributed by atoms with Crippen molar-refractivity contribution in [3.05, 3.63) is 56.2 Å². The average molecular weight is 326 g/mol. The maximum Gasteiger partial charge on any atom is 0.0925 e. The number of nitrogens with one attached hydrogen (secondary N) is 1. The van der Waals surface area contributed by atoms with Gasteiger partial charge in [0, 0.05) is 27.3 Å². The van der Waals surface area contributed by atoms with E-state index in [4.69, 9.17) is 0 Å². The van der Waals surface area contributed by atoms with Crippen LogP contribution in [-0.2, 0) is 6.54 Å². The van der Waals surface area contributed by atoms with Crippen LogP contribution in [0.4, 0.5) is 0 Å². The fourth-order valence-electron chi connectivity index (χ4n) is 1.77. The monoisotopic (exact) mass is 325 g/mol. The van der Waals surface area contributed by atoms with Crippen LogP contribution in [-0.4, -0.2) is 11.7 Å². The number of hydrogen-bond donors (Lipinski definition) is 2. The number of rotatable bonds is 5. The third kappa shape index (κ3) is 3.65. The molecule has 0 amide bonds. The van der Waals surface area contributed by atoms with Crippen LogP contribution in [0.5, 0.6) is 0 Å². The molecule has 2 nitrogen and oxygen atoms in total. The lowest BCUT2D eigenvalue weighted by atomic mass is 10.1. The summed E-state index contributed by atoms with van der Waals surface area (Å²) in [4.78, 5) is 2.62. The van der Waals surface area contributed by atoms with E-state index in [2.05, 4.69) is 40.3 Å². The SMILES string of the molecule is Cc1ccc(CNCC(O)c2ccccc2Br)s1. The quantitative estimate of drug-likeness (QED) is 0.879. The minimum atomic E-state index is -0.485. The van der Waals surface area contributed by atoms with Gasteiger partial charge in [-0.1, -0.05) is 34.1 Å². The molecule has 0 aliphatic heterocycles. The van der Waals surface area contributed by atoms with Crippen LogP contribution in [0.25, 0.3) is 0 Å². The van der Waals surface area contributed by atoms with Crippen LogP contribution >= 0.6 is 27.3 Å². The molecule has 0 aliphatic rings. The summed E-state index contributed by atoms with van der Waals surface area (Å²) in [6.45, 7) is 3.46. The second-order valence-electron chi connectivity index (χ2n) is 4.18. The fraction of sp³-hybridized carbons (Fsp3) is 0.286. The Bertz CT molecular complexity index is 512. The number of halogens is 1. The third-order valence-corrected chi connectivity index (χ3v) is 4.42. The van der Waals surface area contributed by atoms with Crippen molar-refractivity contribution >= 4 is 27.3 Å². The van der Waals surface area contributed by atoms with Crippen molar-refractivity contribution in [2.45, 2.75) is 19.6 Å². The summed E-state index contributed by atoms with van der Waals surface area (Å²) >= 11 is 5.24. The largest absolute Gasteiger partial charge is 0.387 e. The second kappa shape index (κ2) is 6.48. The van der Waals surface area contributed by atoms with Gasteiger partial charge in [-0.3, -0.25) is 0 Å². The van der Waals surface area contributed by atoms with E-state index in [-0.39, 0.29) is 0 Å². The lowest BCUT2D eigenvalue weighted by Gasteiger charge is -2.13. The molecule has 0 bridgehead atoms. The van der Waals surface area contributed by atoms with E-state index < -0.39 is 6.10 Å². The molecule has 0 radical (unpaired) electrons. The minimum Gasteiger partial charge on any atom is -0.387 e. The molecule has 1 unspecified atom stereocenters. The molecule has 1 atom stereocenters. The molecule has 1 aromatic carbocycles. The fourth-order valence-corrected chi connectivity index (χ4v) is 3.18. The first-order valence-electron chi connectivity index (χ1n) is 5.85. The Hall–Kier alpha value is -0.680. The standard InChI is InChI=1S/C14H16BrNOS/c1-10-6-7-11(18-10)8-16-9-14(17)12-4-2-3-5-13(12)15/h2-7,14,16-17H,8-9H2,1H3. The Kier molecular flexibility index (Phi) is 4.95. The van der Waals surface area contributed by atoms with E-state index in [9.17, 15) is 5.11 Å². The molecule has 0 fully saturated rings. The maximum absolute atomic E-state index is 10.1. The van der Waals surface area contributed by atoms with E-state index >= 15 is 0 Å². The molecule has 0 saturated carbocycles. The van der Waals surface area contributed by atoms with Crippen LogP contribution in [0, 0.1) is 6.92 Å².